The fourth-order valence-electron chi connectivity index (χ4n) is 3.02. The van der Waals surface area contributed by atoms with Gasteiger partial charge in [-0.25, -0.2) is 9.97 Å². The average molecular weight is 349 g/mol. The number of alkyl halides is 3. The summed E-state index contributed by atoms with van der Waals surface area (Å²) in [5.74, 6) is 2.22. The molecule has 2 fully saturated rings. The lowest BCUT2D eigenvalue weighted by molar-refractivity contribution is -0.137. The molecule has 2 aliphatic rings. The van der Waals surface area contributed by atoms with E-state index in [9.17, 15) is 13.2 Å². The highest BCUT2D eigenvalue weighted by molar-refractivity contribution is 5.40. The Hall–Kier alpha value is -2.15. The van der Waals surface area contributed by atoms with Crippen LogP contribution in [0.3, 0.4) is 0 Å². The van der Waals surface area contributed by atoms with Gasteiger partial charge in [-0.05, 0) is 36.6 Å². The van der Waals surface area contributed by atoms with Gasteiger partial charge in [-0.2, -0.15) is 13.2 Å². The van der Waals surface area contributed by atoms with Crippen molar-refractivity contribution in [1.82, 2.24) is 9.97 Å². The van der Waals surface area contributed by atoms with Gasteiger partial charge < -0.3 is 9.64 Å². The van der Waals surface area contributed by atoms with E-state index in [1.807, 2.05) is 6.07 Å². The van der Waals surface area contributed by atoms with Gasteiger partial charge in [-0.1, -0.05) is 12.1 Å². The summed E-state index contributed by atoms with van der Waals surface area (Å²) in [7, 11) is 0. The number of hydrogen-bond donors (Lipinski definition) is 0. The Morgan fingerprint density at radius 3 is 2.52 bits per heavy atom. The first kappa shape index (κ1) is 16.3. The third kappa shape index (κ3) is 3.61. The van der Waals surface area contributed by atoms with Crippen LogP contribution in [0, 0.1) is 0 Å². The summed E-state index contributed by atoms with van der Waals surface area (Å²) in [6.45, 7) is 1.78. The molecule has 1 unspecified atom stereocenters. The van der Waals surface area contributed by atoms with E-state index >= 15 is 0 Å². The second-order valence-electron chi connectivity index (χ2n) is 6.47. The summed E-state index contributed by atoms with van der Waals surface area (Å²) in [5.41, 5.74) is 0.1000. The quantitative estimate of drug-likeness (QED) is 0.841. The highest BCUT2D eigenvalue weighted by Gasteiger charge is 2.31. The summed E-state index contributed by atoms with van der Waals surface area (Å²) in [6.07, 6.45) is -0.534. The Balaban J connectivity index is 1.50. The number of morpholine rings is 1. The molecule has 4 rings (SSSR count). The highest BCUT2D eigenvalue weighted by Crippen LogP contribution is 2.38. The van der Waals surface area contributed by atoms with Crippen LogP contribution >= 0.6 is 0 Å². The van der Waals surface area contributed by atoms with Crippen molar-refractivity contribution in [1.29, 1.82) is 0 Å². The molecule has 0 N–H and O–H groups in total. The lowest BCUT2D eigenvalue weighted by atomic mass is 10.1. The Bertz CT molecular complexity index is 744. The molecule has 2 heterocycles. The second-order valence-corrected chi connectivity index (χ2v) is 6.47. The fourth-order valence-corrected chi connectivity index (χ4v) is 3.02. The van der Waals surface area contributed by atoms with E-state index in [2.05, 4.69) is 14.9 Å². The van der Waals surface area contributed by atoms with E-state index in [-0.39, 0.29) is 6.10 Å². The van der Waals surface area contributed by atoms with Gasteiger partial charge in [0.2, 0.25) is 0 Å². The van der Waals surface area contributed by atoms with Crippen molar-refractivity contribution in [3.63, 3.8) is 0 Å². The lowest BCUT2D eigenvalue weighted by Crippen LogP contribution is -2.39. The monoisotopic (exact) mass is 349 g/mol. The molecule has 2 aromatic rings. The van der Waals surface area contributed by atoms with Crippen molar-refractivity contribution in [2.75, 3.05) is 24.6 Å². The van der Waals surface area contributed by atoms with Gasteiger partial charge in [0, 0.05) is 25.2 Å². The Morgan fingerprint density at radius 1 is 1.08 bits per heavy atom. The smallest absolute Gasteiger partial charge is 0.370 e. The molecule has 1 aromatic heterocycles. The van der Waals surface area contributed by atoms with Crippen LogP contribution < -0.4 is 4.90 Å². The number of benzene rings is 1. The molecule has 4 nitrogen and oxygen atoms in total. The van der Waals surface area contributed by atoms with E-state index < -0.39 is 11.7 Å². The van der Waals surface area contributed by atoms with Gasteiger partial charge in [0.15, 0.2) is 0 Å². The molecule has 0 radical (unpaired) electrons. The minimum atomic E-state index is -4.32. The van der Waals surface area contributed by atoms with E-state index in [0.717, 1.165) is 42.2 Å². The maximum Gasteiger partial charge on any atom is 0.416 e. The first-order valence-corrected chi connectivity index (χ1v) is 8.37. The summed E-state index contributed by atoms with van der Waals surface area (Å²) < 4.78 is 43.9. The van der Waals surface area contributed by atoms with Crippen LogP contribution in [0.2, 0.25) is 0 Å². The topological polar surface area (TPSA) is 38.2 Å². The van der Waals surface area contributed by atoms with Crippen molar-refractivity contribution >= 4 is 5.82 Å². The minimum Gasteiger partial charge on any atom is -0.370 e. The summed E-state index contributed by atoms with van der Waals surface area (Å²) in [6, 6.07) is 7.07. The molecule has 25 heavy (non-hydrogen) atoms. The van der Waals surface area contributed by atoms with E-state index in [1.54, 1.807) is 6.20 Å². The van der Waals surface area contributed by atoms with Crippen molar-refractivity contribution in [3.8, 4) is 0 Å². The molecular formula is C18H18F3N3O. The zero-order valence-corrected chi connectivity index (χ0v) is 13.5. The highest BCUT2D eigenvalue weighted by atomic mass is 19.4. The standard InChI is InChI=1S/C18H18F3N3O/c19-18(20,21)14-5-3-12(4-6-14)15-11-24(9-10-25-15)16-7-8-22-17(23-16)13-1-2-13/h3-8,13,15H,1-2,9-11H2. The SMILES string of the molecule is FC(F)(F)c1ccc(C2CN(c3ccnc(C4CC4)n3)CCO2)cc1. The molecule has 1 aromatic carbocycles. The Kier molecular flexibility index (Phi) is 4.11. The van der Waals surface area contributed by atoms with Crippen LogP contribution in [0.1, 0.15) is 41.8 Å². The fraction of sp³-hybridized carbons (Fsp3) is 0.444. The number of anilines is 1. The number of nitrogens with zero attached hydrogens (tertiary/aromatic N) is 3. The molecular weight excluding hydrogens is 331 g/mol. The van der Waals surface area contributed by atoms with Gasteiger partial charge in [-0.15, -0.1) is 0 Å². The molecule has 7 heteroatoms. The average Bonchev–Trinajstić information content (AvgIpc) is 3.47. The first-order chi connectivity index (χ1) is 12.0. The van der Waals surface area contributed by atoms with Crippen LogP contribution in [-0.2, 0) is 10.9 Å². The van der Waals surface area contributed by atoms with Crippen molar-refractivity contribution < 1.29 is 17.9 Å². The second kappa shape index (κ2) is 6.29. The lowest BCUT2D eigenvalue weighted by Gasteiger charge is -2.34. The minimum absolute atomic E-state index is 0.268. The van der Waals surface area contributed by atoms with Gasteiger partial charge >= 0.3 is 6.18 Å². The largest absolute Gasteiger partial charge is 0.416 e. The van der Waals surface area contributed by atoms with Crippen LogP contribution in [0.4, 0.5) is 19.0 Å². The number of hydrogen-bond acceptors (Lipinski definition) is 4. The summed E-state index contributed by atoms with van der Waals surface area (Å²) in [4.78, 5) is 11.1. The Labute approximate surface area is 143 Å². The zero-order chi connectivity index (χ0) is 17.4. The maximum absolute atomic E-state index is 12.7. The van der Waals surface area contributed by atoms with Crippen molar-refractivity contribution in [2.45, 2.75) is 31.0 Å². The predicted octanol–water partition coefficient (Wildman–Crippen LogP) is 3.95. The third-order valence-electron chi connectivity index (χ3n) is 4.60. The molecule has 132 valence electrons. The summed E-state index contributed by atoms with van der Waals surface area (Å²) >= 11 is 0. The number of aromatic nitrogens is 2. The number of ether oxygens (including phenoxy) is 1. The van der Waals surface area contributed by atoms with Gasteiger partial charge in [0.25, 0.3) is 0 Å². The van der Waals surface area contributed by atoms with Crippen LogP contribution in [0.5, 0.6) is 0 Å². The molecule has 1 aliphatic heterocycles. The Morgan fingerprint density at radius 2 is 1.84 bits per heavy atom. The number of halogens is 3. The van der Waals surface area contributed by atoms with Gasteiger partial charge in [0.05, 0.1) is 12.2 Å². The van der Waals surface area contributed by atoms with E-state index in [1.165, 1.54) is 12.1 Å². The predicted molar refractivity (Wildman–Crippen MR) is 86.4 cm³/mol. The van der Waals surface area contributed by atoms with E-state index in [0.29, 0.717) is 25.6 Å². The normalized spacial score (nSPS) is 21.4. The molecule has 1 saturated carbocycles. The van der Waals surface area contributed by atoms with Crippen LogP contribution in [-0.4, -0.2) is 29.7 Å². The molecule has 0 spiro atoms. The molecule has 1 atom stereocenters. The molecule has 1 aliphatic carbocycles. The zero-order valence-electron chi connectivity index (χ0n) is 13.5. The van der Waals surface area contributed by atoms with E-state index in [4.69, 9.17) is 4.74 Å². The van der Waals surface area contributed by atoms with Crippen molar-refractivity contribution in [3.05, 3.63) is 53.5 Å². The molecule has 0 bridgehead atoms. The molecule has 0 amide bonds. The first-order valence-electron chi connectivity index (χ1n) is 8.37. The van der Waals surface area contributed by atoms with Crippen LogP contribution in [0.25, 0.3) is 0 Å². The molecule has 1 saturated heterocycles. The maximum atomic E-state index is 12.7. The summed E-state index contributed by atoms with van der Waals surface area (Å²) in [5, 5.41) is 0. The van der Waals surface area contributed by atoms with Crippen molar-refractivity contribution in [2.24, 2.45) is 0 Å². The third-order valence-corrected chi connectivity index (χ3v) is 4.60. The van der Waals surface area contributed by atoms with Gasteiger partial charge in [-0.3, -0.25) is 0 Å². The van der Waals surface area contributed by atoms with Gasteiger partial charge in [0.1, 0.15) is 17.7 Å². The van der Waals surface area contributed by atoms with Crippen LogP contribution in [0.15, 0.2) is 36.5 Å². The number of rotatable bonds is 3.